The van der Waals surface area contributed by atoms with Crippen molar-refractivity contribution in [3.05, 3.63) is 34.7 Å². The smallest absolute Gasteiger partial charge is 0.294 e. The van der Waals surface area contributed by atoms with E-state index < -0.39 is 0 Å². The Labute approximate surface area is 176 Å². The SMILES string of the molecule is CCCN(CCC)C(=O)CN1C(=O)S/C(=C\c2ccc(N3CCCC3)cc2)C1=O. The van der Waals surface area contributed by atoms with Gasteiger partial charge in [-0.15, -0.1) is 0 Å². The van der Waals surface area contributed by atoms with Crippen LogP contribution in [0, 0.1) is 0 Å². The topological polar surface area (TPSA) is 60.9 Å². The van der Waals surface area contributed by atoms with Crippen molar-refractivity contribution in [1.29, 1.82) is 0 Å². The molecule has 0 atom stereocenters. The molecule has 0 spiro atoms. The predicted octanol–water partition coefficient (Wildman–Crippen LogP) is 3.97. The molecule has 0 saturated carbocycles. The third kappa shape index (κ3) is 5.21. The van der Waals surface area contributed by atoms with Crippen LogP contribution in [0.2, 0.25) is 0 Å². The second-order valence-electron chi connectivity index (χ2n) is 7.43. The van der Waals surface area contributed by atoms with Crippen molar-refractivity contribution in [2.24, 2.45) is 0 Å². The van der Waals surface area contributed by atoms with Crippen LogP contribution in [-0.4, -0.2) is 59.6 Å². The lowest BCUT2D eigenvalue weighted by molar-refractivity contribution is -0.135. The predicted molar refractivity (Wildman–Crippen MR) is 118 cm³/mol. The first-order valence-corrected chi connectivity index (χ1v) is 11.2. The lowest BCUT2D eigenvalue weighted by atomic mass is 10.2. The molecular weight excluding hydrogens is 386 g/mol. The highest BCUT2D eigenvalue weighted by molar-refractivity contribution is 8.18. The van der Waals surface area contributed by atoms with Crippen molar-refractivity contribution >= 4 is 40.6 Å². The minimum Gasteiger partial charge on any atom is -0.372 e. The molecule has 29 heavy (non-hydrogen) atoms. The first kappa shape index (κ1) is 21.4. The van der Waals surface area contributed by atoms with Crippen LogP contribution in [0.15, 0.2) is 29.2 Å². The molecule has 2 heterocycles. The van der Waals surface area contributed by atoms with E-state index in [9.17, 15) is 14.4 Å². The number of hydrogen-bond donors (Lipinski definition) is 0. The van der Waals surface area contributed by atoms with E-state index in [1.165, 1.54) is 18.5 Å². The Kier molecular flexibility index (Phi) is 7.36. The molecule has 3 amide bonds. The second kappa shape index (κ2) is 9.96. The van der Waals surface area contributed by atoms with Gasteiger partial charge in [0, 0.05) is 31.9 Å². The average Bonchev–Trinajstić information content (AvgIpc) is 3.33. The standard InChI is InChI=1S/C22H29N3O3S/c1-3-11-24(12-4-2)20(26)16-25-21(27)19(29-22(25)28)15-17-7-9-18(10-8-17)23-13-5-6-14-23/h7-10,15H,3-6,11-14,16H2,1-2H3/b19-15-. The Bertz CT molecular complexity index is 779. The summed E-state index contributed by atoms with van der Waals surface area (Å²) in [5.41, 5.74) is 2.06. The lowest BCUT2D eigenvalue weighted by Crippen LogP contribution is -2.42. The summed E-state index contributed by atoms with van der Waals surface area (Å²) in [7, 11) is 0. The fourth-order valence-electron chi connectivity index (χ4n) is 3.68. The Balaban J connectivity index is 1.66. The molecule has 1 aromatic carbocycles. The maximum Gasteiger partial charge on any atom is 0.294 e. The van der Waals surface area contributed by atoms with Crippen LogP contribution in [0.1, 0.15) is 45.1 Å². The molecule has 0 N–H and O–H groups in total. The van der Waals surface area contributed by atoms with Gasteiger partial charge in [0.25, 0.3) is 11.1 Å². The molecule has 2 saturated heterocycles. The van der Waals surface area contributed by atoms with Crippen molar-refractivity contribution in [2.45, 2.75) is 39.5 Å². The van der Waals surface area contributed by atoms with Crippen molar-refractivity contribution in [3.8, 4) is 0 Å². The van der Waals surface area contributed by atoms with Crippen molar-refractivity contribution in [3.63, 3.8) is 0 Å². The van der Waals surface area contributed by atoms with Gasteiger partial charge in [-0.25, -0.2) is 0 Å². The summed E-state index contributed by atoms with van der Waals surface area (Å²) in [6, 6.07) is 8.05. The van der Waals surface area contributed by atoms with Gasteiger partial charge < -0.3 is 9.80 Å². The number of carbonyl (C=O) groups excluding carboxylic acids is 3. The summed E-state index contributed by atoms with van der Waals surface area (Å²) < 4.78 is 0. The molecule has 0 unspecified atom stereocenters. The summed E-state index contributed by atoms with van der Waals surface area (Å²) in [6.45, 7) is 7.28. The minimum atomic E-state index is -0.384. The summed E-state index contributed by atoms with van der Waals surface area (Å²) in [5, 5.41) is -0.378. The number of rotatable bonds is 8. The number of thioether (sulfide) groups is 1. The van der Waals surface area contributed by atoms with Crippen molar-refractivity contribution < 1.29 is 14.4 Å². The van der Waals surface area contributed by atoms with Crippen LogP contribution in [0.5, 0.6) is 0 Å². The monoisotopic (exact) mass is 415 g/mol. The number of imide groups is 1. The number of hydrogen-bond acceptors (Lipinski definition) is 5. The summed E-state index contributed by atoms with van der Waals surface area (Å²) in [6.07, 6.45) is 5.88. The summed E-state index contributed by atoms with van der Waals surface area (Å²) >= 11 is 0.904. The summed E-state index contributed by atoms with van der Waals surface area (Å²) in [5.74, 6) is -0.558. The zero-order valence-electron chi connectivity index (χ0n) is 17.2. The number of benzene rings is 1. The molecule has 156 valence electrons. The first-order valence-electron chi connectivity index (χ1n) is 10.4. The molecule has 2 fully saturated rings. The number of nitrogens with zero attached hydrogens (tertiary/aromatic N) is 3. The van der Waals surface area contributed by atoms with E-state index in [0.717, 1.165) is 48.2 Å². The van der Waals surface area contributed by atoms with Crippen LogP contribution >= 0.6 is 11.8 Å². The van der Waals surface area contributed by atoms with Gasteiger partial charge in [0.1, 0.15) is 6.54 Å². The second-order valence-corrected chi connectivity index (χ2v) is 8.43. The molecule has 7 heteroatoms. The molecule has 0 aliphatic carbocycles. The normalized spacial score (nSPS) is 18.2. The number of amides is 3. The Hall–Kier alpha value is -2.28. The van der Waals surface area contributed by atoms with Gasteiger partial charge in [-0.3, -0.25) is 19.3 Å². The van der Waals surface area contributed by atoms with Gasteiger partial charge >= 0.3 is 0 Å². The van der Waals surface area contributed by atoms with Gasteiger partial charge in [0.2, 0.25) is 5.91 Å². The van der Waals surface area contributed by atoms with Crippen LogP contribution in [-0.2, 0) is 9.59 Å². The highest BCUT2D eigenvalue weighted by Gasteiger charge is 2.37. The number of anilines is 1. The third-order valence-electron chi connectivity index (χ3n) is 5.17. The van der Waals surface area contributed by atoms with E-state index in [-0.39, 0.29) is 23.6 Å². The quantitative estimate of drug-likeness (QED) is 0.601. The molecule has 2 aliphatic rings. The third-order valence-corrected chi connectivity index (χ3v) is 6.08. The highest BCUT2D eigenvalue weighted by atomic mass is 32.2. The van der Waals surface area contributed by atoms with Crippen LogP contribution < -0.4 is 4.90 Å². The zero-order valence-corrected chi connectivity index (χ0v) is 18.0. The maximum atomic E-state index is 12.7. The van der Waals surface area contributed by atoms with Crippen LogP contribution in [0.25, 0.3) is 6.08 Å². The maximum absolute atomic E-state index is 12.7. The Morgan fingerprint density at radius 2 is 1.69 bits per heavy atom. The van der Waals surface area contributed by atoms with Gasteiger partial charge in [-0.05, 0) is 61.2 Å². The van der Waals surface area contributed by atoms with Gasteiger partial charge in [0.15, 0.2) is 0 Å². The van der Waals surface area contributed by atoms with E-state index >= 15 is 0 Å². The fraction of sp³-hybridized carbons (Fsp3) is 0.500. The Morgan fingerprint density at radius 1 is 1.07 bits per heavy atom. The van der Waals surface area contributed by atoms with E-state index in [2.05, 4.69) is 17.0 Å². The van der Waals surface area contributed by atoms with Gasteiger partial charge in [0.05, 0.1) is 4.91 Å². The van der Waals surface area contributed by atoms with Crippen LogP contribution in [0.3, 0.4) is 0 Å². The van der Waals surface area contributed by atoms with Gasteiger partial charge in [-0.1, -0.05) is 26.0 Å². The number of carbonyl (C=O) groups is 3. The lowest BCUT2D eigenvalue weighted by Gasteiger charge is -2.23. The minimum absolute atomic E-state index is 0.174. The van der Waals surface area contributed by atoms with E-state index in [4.69, 9.17) is 0 Å². The van der Waals surface area contributed by atoms with Crippen molar-refractivity contribution in [1.82, 2.24) is 9.80 Å². The highest BCUT2D eigenvalue weighted by Crippen LogP contribution is 2.32. The first-order chi connectivity index (χ1) is 14.0. The largest absolute Gasteiger partial charge is 0.372 e. The molecular formula is C22H29N3O3S. The molecule has 2 aliphatic heterocycles. The van der Waals surface area contributed by atoms with Crippen molar-refractivity contribution in [2.75, 3.05) is 37.6 Å². The molecule has 6 nitrogen and oxygen atoms in total. The van der Waals surface area contributed by atoms with E-state index in [1.807, 2.05) is 26.0 Å². The van der Waals surface area contributed by atoms with Gasteiger partial charge in [-0.2, -0.15) is 0 Å². The molecule has 3 rings (SSSR count). The molecule has 1 aromatic rings. The Morgan fingerprint density at radius 3 is 2.28 bits per heavy atom. The molecule has 0 aromatic heterocycles. The average molecular weight is 416 g/mol. The fourth-order valence-corrected chi connectivity index (χ4v) is 4.52. The van der Waals surface area contributed by atoms with E-state index in [1.54, 1.807) is 11.0 Å². The summed E-state index contributed by atoms with van der Waals surface area (Å²) in [4.78, 5) is 43.1. The molecule has 0 radical (unpaired) electrons. The zero-order chi connectivity index (χ0) is 20.8. The van der Waals surface area contributed by atoms with E-state index in [0.29, 0.717) is 18.0 Å². The van der Waals surface area contributed by atoms with Crippen LogP contribution in [0.4, 0.5) is 10.5 Å². The molecule has 0 bridgehead atoms.